The van der Waals surface area contributed by atoms with Gasteiger partial charge in [0.15, 0.2) is 11.6 Å². The normalized spacial score (nSPS) is 11.5. The molecule has 0 atom stereocenters. The van der Waals surface area contributed by atoms with Crippen LogP contribution in [-0.4, -0.2) is 17.6 Å². The van der Waals surface area contributed by atoms with Gasteiger partial charge in [-0.25, -0.2) is 8.78 Å². The summed E-state index contributed by atoms with van der Waals surface area (Å²) in [6, 6.07) is 15.5. The molecule has 0 saturated carbocycles. The number of rotatable bonds is 8. The minimum Gasteiger partial charge on any atom is -0.435 e. The van der Waals surface area contributed by atoms with Gasteiger partial charge in [-0.1, -0.05) is 30.3 Å². The zero-order chi connectivity index (χ0) is 23.5. The molecule has 0 bridgehead atoms. The summed E-state index contributed by atoms with van der Waals surface area (Å²) in [6.45, 7) is -0.729. The van der Waals surface area contributed by atoms with Crippen molar-refractivity contribution in [3.05, 3.63) is 94.7 Å². The molecule has 0 aliphatic heterocycles. The zero-order valence-corrected chi connectivity index (χ0v) is 18.9. The number of nitrogens with one attached hydrogen (secondary N) is 1. The SMILES string of the molecule is CNCc1cn(Sc2cccc(OC(F)F)c2)c2cc(Cc3ccc(C)c(F)c3F)ccc12. The van der Waals surface area contributed by atoms with Gasteiger partial charge in [-0.3, -0.25) is 3.97 Å². The number of nitrogens with zero attached hydrogens (tertiary/aromatic N) is 1. The maximum atomic E-state index is 14.4. The summed E-state index contributed by atoms with van der Waals surface area (Å²) >= 11 is 1.36. The van der Waals surface area contributed by atoms with E-state index in [-0.39, 0.29) is 23.3 Å². The number of benzene rings is 3. The molecule has 4 rings (SSSR count). The highest BCUT2D eigenvalue weighted by Crippen LogP contribution is 2.32. The van der Waals surface area contributed by atoms with Gasteiger partial charge in [0.05, 0.1) is 5.52 Å². The van der Waals surface area contributed by atoms with Crippen LogP contribution < -0.4 is 10.1 Å². The summed E-state index contributed by atoms with van der Waals surface area (Å²) in [5, 5.41) is 4.15. The summed E-state index contributed by atoms with van der Waals surface area (Å²) in [6.07, 6.45) is 2.22. The van der Waals surface area contributed by atoms with Crippen LogP contribution in [-0.2, 0) is 13.0 Å². The second-order valence-electron chi connectivity index (χ2n) is 7.65. The number of aromatic nitrogens is 1. The van der Waals surface area contributed by atoms with Crippen LogP contribution in [0, 0.1) is 18.6 Å². The lowest BCUT2D eigenvalue weighted by Gasteiger charge is -2.09. The fourth-order valence-corrected chi connectivity index (χ4v) is 4.66. The summed E-state index contributed by atoms with van der Waals surface area (Å²) in [7, 11) is 1.85. The van der Waals surface area contributed by atoms with E-state index in [1.54, 1.807) is 30.3 Å². The van der Waals surface area contributed by atoms with Crippen molar-refractivity contribution in [2.75, 3.05) is 7.05 Å². The maximum Gasteiger partial charge on any atom is 0.387 e. The molecule has 0 saturated heterocycles. The van der Waals surface area contributed by atoms with E-state index in [1.807, 2.05) is 35.4 Å². The van der Waals surface area contributed by atoms with Gasteiger partial charge in [0, 0.05) is 29.4 Å². The Bertz CT molecular complexity index is 1290. The van der Waals surface area contributed by atoms with Crippen LogP contribution in [0.5, 0.6) is 5.75 Å². The fourth-order valence-electron chi connectivity index (χ4n) is 3.69. The summed E-state index contributed by atoms with van der Waals surface area (Å²) in [5.74, 6) is -1.57. The number of aryl methyl sites for hydroxylation is 1. The van der Waals surface area contributed by atoms with Crippen molar-refractivity contribution < 1.29 is 22.3 Å². The van der Waals surface area contributed by atoms with Gasteiger partial charge >= 0.3 is 6.61 Å². The van der Waals surface area contributed by atoms with Crippen LogP contribution in [0.15, 0.2) is 65.7 Å². The topological polar surface area (TPSA) is 26.2 Å². The number of fused-ring (bicyclic) bond motifs is 1. The molecule has 4 aromatic rings. The smallest absolute Gasteiger partial charge is 0.387 e. The highest BCUT2D eigenvalue weighted by atomic mass is 32.2. The Hall–Kier alpha value is -2.97. The minimum atomic E-state index is -2.89. The molecule has 0 aliphatic carbocycles. The van der Waals surface area contributed by atoms with Crippen molar-refractivity contribution >= 4 is 22.9 Å². The molecule has 3 nitrogen and oxygen atoms in total. The van der Waals surface area contributed by atoms with E-state index in [4.69, 9.17) is 0 Å². The Morgan fingerprint density at radius 3 is 2.58 bits per heavy atom. The molecule has 33 heavy (non-hydrogen) atoms. The zero-order valence-electron chi connectivity index (χ0n) is 18.0. The lowest BCUT2D eigenvalue weighted by molar-refractivity contribution is -0.0499. The highest BCUT2D eigenvalue weighted by Gasteiger charge is 2.14. The molecule has 0 spiro atoms. The molecule has 8 heteroatoms. The average molecular weight is 475 g/mol. The van der Waals surface area contributed by atoms with Crippen LogP contribution in [0.4, 0.5) is 17.6 Å². The molecule has 0 amide bonds. The van der Waals surface area contributed by atoms with Crippen LogP contribution >= 0.6 is 11.9 Å². The van der Waals surface area contributed by atoms with E-state index in [9.17, 15) is 17.6 Å². The molecular formula is C25H22F4N2OS. The molecule has 0 aliphatic rings. The second kappa shape index (κ2) is 9.89. The first kappa shape index (κ1) is 23.2. The standard InChI is InChI=1S/C25H22F4N2OS/c1-15-6-8-17(24(27)23(15)26)10-16-7-9-21-18(13-30-2)14-31(22(21)11-16)33-20-5-3-4-19(12-20)32-25(28)29/h3-9,11-12,14,25,30H,10,13H2,1-2H3. The van der Waals surface area contributed by atoms with Crippen LogP contribution in [0.3, 0.4) is 0 Å². The Balaban J connectivity index is 1.70. The quantitative estimate of drug-likeness (QED) is 0.288. The molecule has 0 radical (unpaired) electrons. The molecule has 1 aromatic heterocycles. The Morgan fingerprint density at radius 1 is 1.00 bits per heavy atom. The molecule has 1 N–H and O–H groups in total. The van der Waals surface area contributed by atoms with Gasteiger partial charge in [-0.2, -0.15) is 8.78 Å². The van der Waals surface area contributed by atoms with Crippen molar-refractivity contribution in [3.63, 3.8) is 0 Å². The fraction of sp³-hybridized carbons (Fsp3) is 0.200. The third-order valence-electron chi connectivity index (χ3n) is 5.27. The van der Waals surface area contributed by atoms with Gasteiger partial charge in [-0.15, -0.1) is 0 Å². The number of hydrogen-bond donors (Lipinski definition) is 1. The monoisotopic (exact) mass is 474 g/mol. The van der Waals surface area contributed by atoms with Crippen LogP contribution in [0.2, 0.25) is 0 Å². The van der Waals surface area contributed by atoms with Crippen molar-refractivity contribution in [1.82, 2.24) is 9.29 Å². The van der Waals surface area contributed by atoms with E-state index < -0.39 is 18.2 Å². The highest BCUT2D eigenvalue weighted by molar-refractivity contribution is 7.98. The first-order chi connectivity index (χ1) is 15.9. The minimum absolute atomic E-state index is 0.0828. The lowest BCUT2D eigenvalue weighted by Crippen LogP contribution is -2.04. The molecule has 3 aromatic carbocycles. The number of hydrogen-bond acceptors (Lipinski definition) is 3. The van der Waals surface area contributed by atoms with Crippen LogP contribution in [0.25, 0.3) is 10.9 Å². The van der Waals surface area contributed by atoms with Crippen molar-refractivity contribution in [1.29, 1.82) is 0 Å². The molecule has 0 fully saturated rings. The van der Waals surface area contributed by atoms with E-state index in [1.165, 1.54) is 24.9 Å². The van der Waals surface area contributed by atoms with Crippen molar-refractivity contribution in [2.45, 2.75) is 31.4 Å². The summed E-state index contributed by atoms with van der Waals surface area (Å²) in [4.78, 5) is 0.720. The number of halogens is 4. The van der Waals surface area contributed by atoms with E-state index in [0.29, 0.717) is 6.54 Å². The first-order valence-corrected chi connectivity index (χ1v) is 11.1. The van der Waals surface area contributed by atoms with E-state index in [2.05, 4.69) is 10.1 Å². The Labute approximate surface area is 193 Å². The third-order valence-corrected chi connectivity index (χ3v) is 6.23. The second-order valence-corrected chi connectivity index (χ2v) is 8.70. The predicted molar refractivity (Wildman–Crippen MR) is 123 cm³/mol. The van der Waals surface area contributed by atoms with Gasteiger partial charge in [0.25, 0.3) is 0 Å². The third kappa shape index (κ3) is 5.17. The maximum absolute atomic E-state index is 14.4. The van der Waals surface area contributed by atoms with E-state index in [0.717, 1.165) is 26.9 Å². The van der Waals surface area contributed by atoms with Crippen LogP contribution in [0.1, 0.15) is 22.3 Å². The predicted octanol–water partition coefficient (Wildman–Crippen LogP) is 6.69. The largest absolute Gasteiger partial charge is 0.435 e. The number of ether oxygens (including phenoxy) is 1. The molecular weight excluding hydrogens is 452 g/mol. The average Bonchev–Trinajstić information content (AvgIpc) is 3.11. The number of alkyl halides is 2. The summed E-state index contributed by atoms with van der Waals surface area (Å²) in [5.41, 5.74) is 3.33. The van der Waals surface area contributed by atoms with Gasteiger partial charge in [0.2, 0.25) is 0 Å². The first-order valence-electron chi connectivity index (χ1n) is 10.3. The van der Waals surface area contributed by atoms with Gasteiger partial charge in [-0.05, 0) is 72.4 Å². The molecule has 172 valence electrons. The summed E-state index contributed by atoms with van der Waals surface area (Å²) < 4.78 is 60.0. The van der Waals surface area contributed by atoms with Gasteiger partial charge < -0.3 is 10.1 Å². The van der Waals surface area contributed by atoms with E-state index >= 15 is 0 Å². The Morgan fingerprint density at radius 2 is 1.82 bits per heavy atom. The van der Waals surface area contributed by atoms with Crippen molar-refractivity contribution in [2.24, 2.45) is 0 Å². The lowest BCUT2D eigenvalue weighted by atomic mass is 10.0. The van der Waals surface area contributed by atoms with Gasteiger partial charge in [0.1, 0.15) is 5.75 Å². The molecule has 1 heterocycles. The Kier molecular flexibility index (Phi) is 6.95. The van der Waals surface area contributed by atoms with Crippen molar-refractivity contribution in [3.8, 4) is 5.75 Å². The molecule has 0 unspecified atom stereocenters.